The SMILES string of the molecule is C1CCC(Cn2nnc3c2CCNC3)CC1. The summed E-state index contributed by atoms with van der Waals surface area (Å²) in [5, 5.41) is 11.9. The molecule has 0 bridgehead atoms. The normalized spacial score (nSPS) is 22.0. The summed E-state index contributed by atoms with van der Waals surface area (Å²) in [6, 6.07) is 0. The highest BCUT2D eigenvalue weighted by Gasteiger charge is 2.20. The fourth-order valence-electron chi connectivity index (χ4n) is 2.95. The van der Waals surface area contributed by atoms with Crippen molar-refractivity contribution in [3.05, 3.63) is 11.4 Å². The van der Waals surface area contributed by atoms with Crippen molar-refractivity contribution < 1.29 is 0 Å². The zero-order chi connectivity index (χ0) is 10.8. The number of rotatable bonds is 2. The van der Waals surface area contributed by atoms with Gasteiger partial charge in [0.1, 0.15) is 0 Å². The Morgan fingerprint density at radius 2 is 2.12 bits per heavy atom. The average Bonchev–Trinajstić information content (AvgIpc) is 2.74. The van der Waals surface area contributed by atoms with Gasteiger partial charge in [0.2, 0.25) is 0 Å². The van der Waals surface area contributed by atoms with Crippen LogP contribution in [0.2, 0.25) is 0 Å². The second-order valence-electron chi connectivity index (χ2n) is 5.10. The van der Waals surface area contributed by atoms with Crippen LogP contribution in [0.1, 0.15) is 43.5 Å². The van der Waals surface area contributed by atoms with Crippen LogP contribution in [-0.4, -0.2) is 21.5 Å². The molecule has 1 aromatic heterocycles. The second kappa shape index (κ2) is 4.53. The Kier molecular flexibility index (Phi) is 2.91. The van der Waals surface area contributed by atoms with E-state index in [0.717, 1.165) is 32.0 Å². The molecule has 4 nitrogen and oxygen atoms in total. The van der Waals surface area contributed by atoms with E-state index in [1.807, 2.05) is 0 Å². The molecule has 2 heterocycles. The van der Waals surface area contributed by atoms with Crippen LogP contribution in [0.5, 0.6) is 0 Å². The molecule has 0 spiro atoms. The van der Waals surface area contributed by atoms with Crippen LogP contribution in [-0.2, 0) is 19.5 Å². The van der Waals surface area contributed by atoms with Gasteiger partial charge in [-0.05, 0) is 18.8 Å². The Hall–Kier alpha value is -0.900. The van der Waals surface area contributed by atoms with Gasteiger partial charge in [-0.1, -0.05) is 24.5 Å². The summed E-state index contributed by atoms with van der Waals surface area (Å²) in [7, 11) is 0. The van der Waals surface area contributed by atoms with Gasteiger partial charge in [0, 0.05) is 26.1 Å². The van der Waals surface area contributed by atoms with Crippen molar-refractivity contribution in [2.24, 2.45) is 5.92 Å². The minimum absolute atomic E-state index is 0.842. The van der Waals surface area contributed by atoms with E-state index in [4.69, 9.17) is 0 Å². The predicted octanol–water partition coefficient (Wildman–Crippen LogP) is 1.50. The zero-order valence-corrected chi connectivity index (χ0v) is 9.78. The van der Waals surface area contributed by atoms with E-state index in [9.17, 15) is 0 Å². The van der Waals surface area contributed by atoms with Crippen LogP contribution in [0.3, 0.4) is 0 Å². The fourth-order valence-corrected chi connectivity index (χ4v) is 2.95. The van der Waals surface area contributed by atoms with E-state index in [1.165, 1.54) is 43.5 Å². The molecule has 1 aromatic rings. The number of hydrogen-bond acceptors (Lipinski definition) is 3. The van der Waals surface area contributed by atoms with E-state index < -0.39 is 0 Å². The summed E-state index contributed by atoms with van der Waals surface area (Å²) in [4.78, 5) is 0. The molecular weight excluding hydrogens is 200 g/mol. The van der Waals surface area contributed by atoms with Crippen molar-refractivity contribution in [2.75, 3.05) is 6.54 Å². The zero-order valence-electron chi connectivity index (χ0n) is 9.78. The van der Waals surface area contributed by atoms with Crippen molar-refractivity contribution >= 4 is 0 Å². The number of nitrogens with zero attached hydrogens (tertiary/aromatic N) is 3. The third-order valence-electron chi connectivity index (χ3n) is 3.90. The lowest BCUT2D eigenvalue weighted by molar-refractivity contribution is 0.301. The largest absolute Gasteiger partial charge is 0.311 e. The average molecular weight is 220 g/mol. The van der Waals surface area contributed by atoms with E-state index in [-0.39, 0.29) is 0 Å². The van der Waals surface area contributed by atoms with Gasteiger partial charge in [-0.25, -0.2) is 4.68 Å². The van der Waals surface area contributed by atoms with Crippen molar-refractivity contribution in [3.8, 4) is 0 Å². The predicted molar refractivity (Wildman–Crippen MR) is 62.0 cm³/mol. The van der Waals surface area contributed by atoms with E-state index in [1.54, 1.807) is 0 Å². The highest BCUT2D eigenvalue weighted by Crippen LogP contribution is 2.25. The molecule has 1 saturated carbocycles. The summed E-state index contributed by atoms with van der Waals surface area (Å²) in [5.74, 6) is 0.842. The molecule has 0 unspecified atom stereocenters. The Balaban J connectivity index is 1.71. The number of aromatic nitrogens is 3. The van der Waals surface area contributed by atoms with Crippen LogP contribution in [0.15, 0.2) is 0 Å². The molecule has 0 aromatic carbocycles. The third kappa shape index (κ3) is 1.98. The Bertz CT molecular complexity index is 352. The summed E-state index contributed by atoms with van der Waals surface area (Å²) in [6.45, 7) is 3.08. The minimum atomic E-state index is 0.842. The van der Waals surface area contributed by atoms with Crippen molar-refractivity contribution in [1.29, 1.82) is 0 Å². The summed E-state index contributed by atoms with van der Waals surface area (Å²) in [6.07, 6.45) is 8.09. The molecule has 4 heteroatoms. The van der Waals surface area contributed by atoms with Crippen molar-refractivity contribution in [3.63, 3.8) is 0 Å². The monoisotopic (exact) mass is 220 g/mol. The van der Waals surface area contributed by atoms with Crippen LogP contribution >= 0.6 is 0 Å². The standard InChI is InChI=1S/C12H20N4/c1-2-4-10(5-3-1)9-16-12-6-7-13-8-11(12)14-15-16/h10,13H,1-9H2. The van der Waals surface area contributed by atoms with Gasteiger partial charge in [-0.2, -0.15) is 0 Å². The van der Waals surface area contributed by atoms with Gasteiger partial charge in [-0.15, -0.1) is 5.10 Å². The fraction of sp³-hybridized carbons (Fsp3) is 0.833. The number of hydrogen-bond donors (Lipinski definition) is 1. The highest BCUT2D eigenvalue weighted by atomic mass is 15.4. The smallest absolute Gasteiger partial charge is 0.0997 e. The molecule has 88 valence electrons. The molecule has 1 aliphatic heterocycles. The van der Waals surface area contributed by atoms with Crippen LogP contribution in [0.4, 0.5) is 0 Å². The van der Waals surface area contributed by atoms with E-state index >= 15 is 0 Å². The first-order chi connectivity index (χ1) is 7.93. The topological polar surface area (TPSA) is 42.7 Å². The molecule has 3 rings (SSSR count). The van der Waals surface area contributed by atoms with Crippen molar-refractivity contribution in [2.45, 2.75) is 51.6 Å². The third-order valence-corrected chi connectivity index (χ3v) is 3.90. The first-order valence-electron chi connectivity index (χ1n) is 6.55. The Morgan fingerprint density at radius 1 is 1.25 bits per heavy atom. The summed E-state index contributed by atoms with van der Waals surface area (Å²) >= 11 is 0. The van der Waals surface area contributed by atoms with Crippen molar-refractivity contribution in [1.82, 2.24) is 20.3 Å². The van der Waals surface area contributed by atoms with Gasteiger partial charge in [-0.3, -0.25) is 0 Å². The van der Waals surface area contributed by atoms with Gasteiger partial charge in [0.05, 0.1) is 11.4 Å². The van der Waals surface area contributed by atoms with Crippen LogP contribution < -0.4 is 5.32 Å². The molecule has 0 radical (unpaired) electrons. The van der Waals surface area contributed by atoms with Gasteiger partial charge >= 0.3 is 0 Å². The molecular formula is C12H20N4. The van der Waals surface area contributed by atoms with Gasteiger partial charge in [0.25, 0.3) is 0 Å². The summed E-state index contributed by atoms with van der Waals surface area (Å²) in [5.41, 5.74) is 2.55. The molecule has 2 aliphatic rings. The molecule has 1 fully saturated rings. The minimum Gasteiger partial charge on any atom is -0.311 e. The Labute approximate surface area is 96.4 Å². The lowest BCUT2D eigenvalue weighted by Gasteiger charge is -2.22. The Morgan fingerprint density at radius 3 is 3.00 bits per heavy atom. The molecule has 0 saturated heterocycles. The first kappa shape index (κ1) is 10.3. The molecule has 1 N–H and O–H groups in total. The van der Waals surface area contributed by atoms with E-state index in [2.05, 4.69) is 20.3 Å². The van der Waals surface area contributed by atoms with Gasteiger partial charge in [0.15, 0.2) is 0 Å². The molecule has 0 atom stereocenters. The van der Waals surface area contributed by atoms with E-state index in [0.29, 0.717) is 0 Å². The molecule has 1 aliphatic carbocycles. The highest BCUT2D eigenvalue weighted by molar-refractivity contribution is 5.13. The van der Waals surface area contributed by atoms with Crippen LogP contribution in [0, 0.1) is 5.92 Å². The summed E-state index contributed by atoms with van der Waals surface area (Å²) < 4.78 is 2.17. The molecule has 0 amide bonds. The quantitative estimate of drug-likeness (QED) is 0.821. The first-order valence-corrected chi connectivity index (χ1v) is 6.55. The van der Waals surface area contributed by atoms with Gasteiger partial charge < -0.3 is 5.32 Å². The number of fused-ring (bicyclic) bond motifs is 1. The van der Waals surface area contributed by atoms with Crippen LogP contribution in [0.25, 0.3) is 0 Å². The number of nitrogens with one attached hydrogen (secondary N) is 1. The maximum Gasteiger partial charge on any atom is 0.0997 e. The lowest BCUT2D eigenvalue weighted by Crippen LogP contribution is -2.26. The lowest BCUT2D eigenvalue weighted by atomic mass is 9.89. The second-order valence-corrected chi connectivity index (χ2v) is 5.10. The maximum absolute atomic E-state index is 4.32. The maximum atomic E-state index is 4.32. The molecule has 16 heavy (non-hydrogen) atoms.